The number of alkyl halides is 3. The first-order chi connectivity index (χ1) is 22.4. The molecule has 3 N–H and O–H groups in total. The molecule has 2 saturated heterocycles. The molecule has 0 spiro atoms. The molecule has 4 heterocycles. The summed E-state index contributed by atoms with van der Waals surface area (Å²) < 4.78 is 49.5. The molecule has 12 heteroatoms. The van der Waals surface area contributed by atoms with Crippen LogP contribution in [0.4, 0.5) is 19.0 Å². The van der Waals surface area contributed by atoms with Gasteiger partial charge in [0.05, 0.1) is 12.2 Å². The highest BCUT2D eigenvalue weighted by Gasteiger charge is 2.40. The summed E-state index contributed by atoms with van der Waals surface area (Å²) in [6.45, 7) is 13.0. The maximum atomic E-state index is 13.6. The molecular weight excluding hydrogens is 636 g/mol. The molecular formula is C36H44F3N5O3Si. The highest BCUT2D eigenvalue weighted by Crippen LogP contribution is 2.42. The van der Waals surface area contributed by atoms with Gasteiger partial charge in [0.25, 0.3) is 0 Å². The van der Waals surface area contributed by atoms with Crippen molar-refractivity contribution in [3.8, 4) is 11.3 Å². The lowest BCUT2D eigenvalue weighted by Gasteiger charge is -2.36. The normalized spacial score (nSPS) is 20.3. The van der Waals surface area contributed by atoms with E-state index in [0.717, 1.165) is 48.3 Å². The largest absolute Gasteiger partial charge is 0.416 e. The number of anilines is 1. The van der Waals surface area contributed by atoms with Crippen LogP contribution in [-0.2, 0) is 27.6 Å². The Hall–Kier alpha value is -3.74. The fourth-order valence-electron chi connectivity index (χ4n) is 6.73. The summed E-state index contributed by atoms with van der Waals surface area (Å²) in [4.78, 5) is 24.2. The van der Waals surface area contributed by atoms with Crippen molar-refractivity contribution in [2.75, 3.05) is 12.3 Å². The molecule has 0 bridgehead atoms. The van der Waals surface area contributed by atoms with Crippen molar-refractivity contribution in [3.63, 3.8) is 0 Å². The number of hydrogen-bond donors (Lipinski definition) is 2. The number of rotatable bonds is 7. The SMILES string of the molecule is CC(O)(c1cccc(C(F)(F)F)c1)c1ccc(-c2nc([C@@H]3CC[C@H]4CCC(=O)N4C3)n3ccnc(N)c23)c(CO[Si](C)(C)C(C)(C)C)c1. The van der Waals surface area contributed by atoms with Crippen LogP contribution in [0.1, 0.15) is 87.4 Å². The summed E-state index contributed by atoms with van der Waals surface area (Å²) >= 11 is 0. The number of amides is 1. The maximum absolute atomic E-state index is 13.6. The number of fused-ring (bicyclic) bond motifs is 2. The van der Waals surface area contributed by atoms with Crippen molar-refractivity contribution in [3.05, 3.63) is 82.9 Å². The zero-order valence-electron chi connectivity index (χ0n) is 28.4. The number of imidazole rings is 1. The van der Waals surface area contributed by atoms with Gasteiger partial charge in [-0.05, 0) is 79.2 Å². The molecule has 1 unspecified atom stereocenters. The molecule has 1 amide bonds. The lowest BCUT2D eigenvalue weighted by Crippen LogP contribution is -2.41. The highest BCUT2D eigenvalue weighted by molar-refractivity contribution is 6.74. The zero-order valence-corrected chi connectivity index (χ0v) is 29.4. The lowest BCUT2D eigenvalue weighted by atomic mass is 9.85. The summed E-state index contributed by atoms with van der Waals surface area (Å²) in [5.74, 6) is 1.27. The van der Waals surface area contributed by atoms with E-state index in [2.05, 4.69) is 38.8 Å². The Labute approximate surface area is 280 Å². The summed E-state index contributed by atoms with van der Waals surface area (Å²) in [5.41, 5.74) is 7.18. The number of hydrogen-bond acceptors (Lipinski definition) is 6. The monoisotopic (exact) mass is 679 g/mol. The zero-order chi connectivity index (χ0) is 34.8. The van der Waals surface area contributed by atoms with E-state index in [1.54, 1.807) is 18.3 Å². The predicted molar refractivity (Wildman–Crippen MR) is 182 cm³/mol. The van der Waals surface area contributed by atoms with Crippen LogP contribution in [0.5, 0.6) is 0 Å². The number of nitrogen functional groups attached to an aromatic ring is 1. The quantitative estimate of drug-likeness (QED) is 0.195. The van der Waals surface area contributed by atoms with Crippen molar-refractivity contribution in [1.29, 1.82) is 0 Å². The lowest BCUT2D eigenvalue weighted by molar-refractivity contribution is -0.137. The molecule has 2 aliphatic rings. The fourth-order valence-corrected chi connectivity index (χ4v) is 7.68. The van der Waals surface area contributed by atoms with E-state index >= 15 is 0 Å². The molecule has 256 valence electrons. The molecule has 3 atom stereocenters. The van der Waals surface area contributed by atoms with E-state index < -0.39 is 25.7 Å². The average Bonchev–Trinajstić information content (AvgIpc) is 3.60. The Kier molecular flexibility index (Phi) is 8.53. The minimum absolute atomic E-state index is 0.000744. The Balaban J connectivity index is 1.48. The van der Waals surface area contributed by atoms with Crippen LogP contribution in [0.25, 0.3) is 16.8 Å². The van der Waals surface area contributed by atoms with Gasteiger partial charge in [-0.25, -0.2) is 9.97 Å². The van der Waals surface area contributed by atoms with Crippen LogP contribution < -0.4 is 5.73 Å². The third kappa shape index (κ3) is 6.14. The molecule has 4 aromatic rings. The second-order valence-electron chi connectivity index (χ2n) is 14.9. The van der Waals surface area contributed by atoms with Gasteiger partial charge in [0.15, 0.2) is 8.32 Å². The van der Waals surface area contributed by atoms with E-state index in [0.29, 0.717) is 35.6 Å². The van der Waals surface area contributed by atoms with Crippen LogP contribution in [0.3, 0.4) is 0 Å². The first-order valence-electron chi connectivity index (χ1n) is 16.5. The molecule has 6 rings (SSSR count). The van der Waals surface area contributed by atoms with Crippen LogP contribution >= 0.6 is 0 Å². The molecule has 0 saturated carbocycles. The number of carbonyl (C=O) groups excluding carboxylic acids is 1. The van der Waals surface area contributed by atoms with Gasteiger partial charge < -0.3 is 20.2 Å². The Morgan fingerprint density at radius 1 is 1.02 bits per heavy atom. The number of halogens is 3. The van der Waals surface area contributed by atoms with Crippen LogP contribution in [-0.4, -0.2) is 51.2 Å². The summed E-state index contributed by atoms with van der Waals surface area (Å²) in [6, 6.07) is 10.4. The Morgan fingerprint density at radius 2 is 1.73 bits per heavy atom. The topological polar surface area (TPSA) is 106 Å². The van der Waals surface area contributed by atoms with Crippen molar-refractivity contribution in [2.24, 2.45) is 0 Å². The predicted octanol–water partition coefficient (Wildman–Crippen LogP) is 7.64. The number of aromatic nitrogens is 3. The van der Waals surface area contributed by atoms with Gasteiger partial charge in [-0.1, -0.05) is 45.0 Å². The molecule has 2 aliphatic heterocycles. The van der Waals surface area contributed by atoms with Gasteiger partial charge in [-0.2, -0.15) is 13.2 Å². The summed E-state index contributed by atoms with van der Waals surface area (Å²) in [6.07, 6.45) is 2.20. The minimum Gasteiger partial charge on any atom is -0.413 e. The number of benzene rings is 2. The van der Waals surface area contributed by atoms with E-state index in [4.69, 9.17) is 15.1 Å². The van der Waals surface area contributed by atoms with Crippen molar-refractivity contribution in [2.45, 2.75) is 102 Å². The van der Waals surface area contributed by atoms with Gasteiger partial charge in [-0.3, -0.25) is 9.20 Å². The number of nitrogens with two attached hydrogens (primary N) is 1. The smallest absolute Gasteiger partial charge is 0.413 e. The van der Waals surface area contributed by atoms with E-state index in [1.165, 1.54) is 19.1 Å². The van der Waals surface area contributed by atoms with E-state index in [9.17, 15) is 23.1 Å². The number of piperidine rings is 1. The van der Waals surface area contributed by atoms with Gasteiger partial charge in [0.1, 0.15) is 28.5 Å². The first kappa shape index (κ1) is 34.1. The standard InChI is InChI=1S/C36H44F3N5O3Si/c1-34(2,3)48(5,6)47-21-23-18-25(35(4,46)24-8-7-9-26(19-24)36(37,38)39)11-14-28(23)30-31-32(40)41-16-17-43(31)33(42-30)22-10-12-27-13-15-29(45)44(27)20-22/h7-9,11,14,16-19,22,27,46H,10,12-13,15,20-21H2,1-6H3,(H2,40,41)/t22-,27+,35?/m1/s1. The minimum atomic E-state index is -4.55. The highest BCUT2D eigenvalue weighted by atomic mass is 28.4. The van der Waals surface area contributed by atoms with Gasteiger partial charge in [-0.15, -0.1) is 0 Å². The molecule has 2 aromatic carbocycles. The average molecular weight is 680 g/mol. The van der Waals surface area contributed by atoms with Crippen molar-refractivity contribution < 1.29 is 27.5 Å². The molecule has 8 nitrogen and oxygen atoms in total. The molecule has 2 fully saturated rings. The number of carbonyl (C=O) groups is 1. The Bertz CT molecular complexity index is 1860. The maximum Gasteiger partial charge on any atom is 0.416 e. The van der Waals surface area contributed by atoms with Crippen LogP contribution in [0.2, 0.25) is 18.1 Å². The molecule has 0 aliphatic carbocycles. The second-order valence-corrected chi connectivity index (χ2v) is 19.7. The van der Waals surface area contributed by atoms with Crippen molar-refractivity contribution >= 4 is 25.6 Å². The summed E-state index contributed by atoms with van der Waals surface area (Å²) in [5, 5.41) is 11.7. The summed E-state index contributed by atoms with van der Waals surface area (Å²) in [7, 11) is -2.26. The number of nitrogens with zero attached hydrogens (tertiary/aromatic N) is 4. The molecule has 48 heavy (non-hydrogen) atoms. The van der Waals surface area contributed by atoms with Crippen molar-refractivity contribution in [1.82, 2.24) is 19.3 Å². The first-order valence-corrected chi connectivity index (χ1v) is 19.4. The van der Waals surface area contributed by atoms with Crippen LogP contribution in [0.15, 0.2) is 54.9 Å². The Morgan fingerprint density at radius 3 is 2.44 bits per heavy atom. The second kappa shape index (κ2) is 12.0. The third-order valence-corrected chi connectivity index (χ3v) is 15.2. The van der Waals surface area contributed by atoms with E-state index in [-0.39, 0.29) is 35.1 Å². The third-order valence-electron chi connectivity index (χ3n) is 10.8. The number of aliphatic hydroxyl groups is 1. The van der Waals surface area contributed by atoms with Gasteiger partial charge >= 0.3 is 6.18 Å². The molecule has 0 radical (unpaired) electrons. The van der Waals surface area contributed by atoms with Gasteiger partial charge in [0, 0.05) is 42.9 Å². The molecule has 2 aromatic heterocycles. The van der Waals surface area contributed by atoms with Crippen LogP contribution in [0, 0.1) is 0 Å². The fraction of sp³-hybridized carbons (Fsp3) is 0.472. The van der Waals surface area contributed by atoms with Gasteiger partial charge in [0.2, 0.25) is 5.91 Å². The van der Waals surface area contributed by atoms with E-state index in [1.807, 2.05) is 21.6 Å².